The summed E-state index contributed by atoms with van der Waals surface area (Å²) in [6, 6.07) is 8.19. The van der Waals surface area contributed by atoms with Crippen LogP contribution in [0.5, 0.6) is 0 Å². The molecule has 0 radical (unpaired) electrons. The Hall–Kier alpha value is -1.68. The Morgan fingerprint density at radius 2 is 1.67 bits per heavy atom. The lowest BCUT2D eigenvalue weighted by molar-refractivity contribution is 0.490. The number of nitrogens with one attached hydrogen (secondary N) is 1. The minimum atomic E-state index is -1.20. The number of hydrogen-bond acceptors (Lipinski definition) is 1. The van der Waals surface area contributed by atoms with Crippen LogP contribution in [0, 0.1) is 17.5 Å². The Morgan fingerprint density at radius 1 is 0.944 bits per heavy atom. The molecule has 0 aliphatic carbocycles. The summed E-state index contributed by atoms with van der Waals surface area (Å²) in [6.07, 6.45) is 0. The number of anilines is 1. The third-order valence-electron chi connectivity index (χ3n) is 2.40. The summed E-state index contributed by atoms with van der Waals surface area (Å²) in [5.41, 5.74) is 0.723. The molecule has 0 fully saturated rings. The third-order valence-corrected chi connectivity index (χ3v) is 2.63. The van der Waals surface area contributed by atoms with E-state index >= 15 is 0 Å². The fourth-order valence-electron chi connectivity index (χ4n) is 1.49. The van der Waals surface area contributed by atoms with Crippen molar-refractivity contribution in [3.8, 4) is 0 Å². The molecule has 0 spiro atoms. The average Bonchev–Trinajstić information content (AvgIpc) is 2.32. The predicted octanol–water partition coefficient (Wildman–Crippen LogP) is 4.37. The van der Waals surface area contributed by atoms with Crippen molar-refractivity contribution in [2.24, 2.45) is 0 Å². The number of rotatable bonds is 3. The highest BCUT2D eigenvalue weighted by atomic mass is 35.5. The maximum absolute atomic E-state index is 13.3. The molecule has 2 aromatic carbocycles. The van der Waals surface area contributed by atoms with Gasteiger partial charge < -0.3 is 5.32 Å². The maximum atomic E-state index is 13.3. The van der Waals surface area contributed by atoms with Crippen LogP contribution in [0.2, 0.25) is 5.02 Å². The molecule has 0 heterocycles. The van der Waals surface area contributed by atoms with Crippen molar-refractivity contribution in [2.75, 3.05) is 5.32 Å². The van der Waals surface area contributed by atoms with Gasteiger partial charge in [-0.3, -0.25) is 0 Å². The van der Waals surface area contributed by atoms with Crippen LogP contribution >= 0.6 is 11.6 Å². The normalized spacial score (nSPS) is 10.4. The van der Waals surface area contributed by atoms with Crippen molar-refractivity contribution in [1.82, 2.24) is 0 Å². The van der Waals surface area contributed by atoms with Gasteiger partial charge in [0.15, 0.2) is 11.6 Å². The first kappa shape index (κ1) is 12.8. The number of hydrogen-bond donors (Lipinski definition) is 1. The maximum Gasteiger partial charge on any atom is 0.161 e. The fraction of sp³-hybridized carbons (Fsp3) is 0.0769. The highest BCUT2D eigenvalue weighted by molar-refractivity contribution is 6.30. The van der Waals surface area contributed by atoms with E-state index in [1.54, 1.807) is 24.3 Å². The Labute approximate surface area is 107 Å². The van der Waals surface area contributed by atoms with Crippen LogP contribution in [-0.2, 0) is 6.54 Å². The van der Waals surface area contributed by atoms with Gasteiger partial charge in [-0.15, -0.1) is 0 Å². The zero-order valence-corrected chi connectivity index (χ0v) is 9.94. The van der Waals surface area contributed by atoms with Crippen molar-refractivity contribution in [1.29, 1.82) is 0 Å². The van der Waals surface area contributed by atoms with Gasteiger partial charge in [-0.05, 0) is 24.3 Å². The van der Waals surface area contributed by atoms with Gasteiger partial charge in [0.25, 0.3) is 0 Å². The summed E-state index contributed by atoms with van der Waals surface area (Å²) >= 11 is 5.78. The zero-order chi connectivity index (χ0) is 13.1. The molecule has 0 aromatic heterocycles. The molecule has 0 aliphatic heterocycles. The molecule has 0 aliphatic rings. The Balaban J connectivity index is 2.13. The van der Waals surface area contributed by atoms with E-state index in [9.17, 15) is 13.2 Å². The molecule has 1 nitrogen and oxygen atoms in total. The smallest absolute Gasteiger partial charge is 0.161 e. The first-order valence-electron chi connectivity index (χ1n) is 5.19. The van der Waals surface area contributed by atoms with Crippen LogP contribution in [0.15, 0.2) is 36.4 Å². The third kappa shape index (κ3) is 2.96. The summed E-state index contributed by atoms with van der Waals surface area (Å²) in [5, 5.41) is 3.41. The summed E-state index contributed by atoms with van der Waals surface area (Å²) in [4.78, 5) is 0. The number of benzene rings is 2. The van der Waals surface area contributed by atoms with E-state index in [0.717, 1.165) is 6.07 Å². The molecule has 18 heavy (non-hydrogen) atoms. The fourth-order valence-corrected chi connectivity index (χ4v) is 1.69. The van der Waals surface area contributed by atoms with Gasteiger partial charge in [0.2, 0.25) is 0 Å². The van der Waals surface area contributed by atoms with Crippen molar-refractivity contribution < 1.29 is 13.2 Å². The molecular formula is C13H9ClF3N. The van der Waals surface area contributed by atoms with E-state index in [1.807, 2.05) is 0 Å². The molecular weight excluding hydrogens is 263 g/mol. The highest BCUT2D eigenvalue weighted by Crippen LogP contribution is 2.18. The van der Waals surface area contributed by atoms with Crippen LogP contribution in [0.1, 0.15) is 5.56 Å². The van der Waals surface area contributed by atoms with Crippen molar-refractivity contribution >= 4 is 17.3 Å². The summed E-state index contributed by atoms with van der Waals surface area (Å²) in [5.74, 6) is -3.05. The molecule has 94 valence electrons. The second kappa shape index (κ2) is 5.31. The largest absolute Gasteiger partial charge is 0.381 e. The zero-order valence-electron chi connectivity index (χ0n) is 9.18. The van der Waals surface area contributed by atoms with E-state index in [-0.39, 0.29) is 12.1 Å². The molecule has 0 saturated heterocycles. The molecule has 0 bridgehead atoms. The van der Waals surface area contributed by atoms with Gasteiger partial charge in [0, 0.05) is 28.9 Å². The standard InChI is InChI=1S/C13H9ClF3N/c14-9-2-1-3-10(5-9)18-7-8-4-12(16)13(17)6-11(8)15/h1-6,18H,7H2. The highest BCUT2D eigenvalue weighted by Gasteiger charge is 2.09. The Kier molecular flexibility index (Phi) is 3.77. The molecule has 0 atom stereocenters. The molecule has 2 aromatic rings. The lowest BCUT2D eigenvalue weighted by Gasteiger charge is -2.08. The Bertz CT molecular complexity index is 572. The van der Waals surface area contributed by atoms with Crippen molar-refractivity contribution in [3.05, 3.63) is 64.4 Å². The van der Waals surface area contributed by atoms with Crippen LogP contribution in [0.3, 0.4) is 0 Å². The lowest BCUT2D eigenvalue weighted by Crippen LogP contribution is -2.03. The molecule has 2 rings (SSSR count). The number of halogens is 4. The van der Waals surface area contributed by atoms with Gasteiger partial charge >= 0.3 is 0 Å². The predicted molar refractivity (Wildman–Crippen MR) is 65.1 cm³/mol. The molecule has 5 heteroatoms. The molecule has 1 N–H and O–H groups in total. The minimum absolute atomic E-state index is 0.0450. The van der Waals surface area contributed by atoms with Gasteiger partial charge in [-0.1, -0.05) is 17.7 Å². The second-order valence-corrected chi connectivity index (χ2v) is 4.16. The van der Waals surface area contributed by atoms with Crippen LogP contribution < -0.4 is 5.32 Å². The van der Waals surface area contributed by atoms with E-state index in [0.29, 0.717) is 16.8 Å². The summed E-state index contributed by atoms with van der Waals surface area (Å²) < 4.78 is 39.0. The average molecular weight is 272 g/mol. The molecule has 0 saturated carbocycles. The van der Waals surface area contributed by atoms with Crippen molar-refractivity contribution in [2.45, 2.75) is 6.54 Å². The van der Waals surface area contributed by atoms with Crippen LogP contribution in [0.25, 0.3) is 0 Å². The summed E-state index contributed by atoms with van der Waals surface area (Å²) in [7, 11) is 0. The van der Waals surface area contributed by atoms with Crippen LogP contribution in [-0.4, -0.2) is 0 Å². The van der Waals surface area contributed by atoms with Gasteiger partial charge in [-0.25, -0.2) is 13.2 Å². The Morgan fingerprint density at radius 3 is 2.39 bits per heavy atom. The first-order chi connectivity index (χ1) is 8.56. The molecule has 0 unspecified atom stereocenters. The van der Waals surface area contributed by atoms with Gasteiger partial charge in [-0.2, -0.15) is 0 Å². The van der Waals surface area contributed by atoms with E-state index in [1.165, 1.54) is 0 Å². The SMILES string of the molecule is Fc1cc(F)c(CNc2cccc(Cl)c2)cc1F. The van der Waals surface area contributed by atoms with Gasteiger partial charge in [0.1, 0.15) is 5.82 Å². The van der Waals surface area contributed by atoms with Crippen molar-refractivity contribution in [3.63, 3.8) is 0 Å². The first-order valence-corrected chi connectivity index (χ1v) is 5.57. The van der Waals surface area contributed by atoms with Gasteiger partial charge in [0.05, 0.1) is 0 Å². The van der Waals surface area contributed by atoms with E-state index in [4.69, 9.17) is 11.6 Å². The molecule has 0 amide bonds. The minimum Gasteiger partial charge on any atom is -0.381 e. The van der Waals surface area contributed by atoms with E-state index in [2.05, 4.69) is 5.32 Å². The van der Waals surface area contributed by atoms with E-state index < -0.39 is 17.5 Å². The summed E-state index contributed by atoms with van der Waals surface area (Å²) in [6.45, 7) is 0.0450. The monoisotopic (exact) mass is 271 g/mol. The van der Waals surface area contributed by atoms with Crippen LogP contribution in [0.4, 0.5) is 18.9 Å². The second-order valence-electron chi connectivity index (χ2n) is 3.72. The topological polar surface area (TPSA) is 12.0 Å². The quantitative estimate of drug-likeness (QED) is 0.818. The lowest BCUT2D eigenvalue weighted by atomic mass is 10.2.